The summed E-state index contributed by atoms with van der Waals surface area (Å²) in [6.07, 6.45) is 5.84. The number of likely N-dealkylation sites (tertiary alicyclic amines) is 1. The zero-order valence-electron chi connectivity index (χ0n) is 19.1. The molecule has 0 spiro atoms. The van der Waals surface area contributed by atoms with Crippen LogP contribution in [0.25, 0.3) is 5.65 Å². The topological polar surface area (TPSA) is 103 Å². The van der Waals surface area contributed by atoms with Gasteiger partial charge in [-0.1, -0.05) is 11.6 Å². The quantitative estimate of drug-likeness (QED) is 0.556. The van der Waals surface area contributed by atoms with Crippen LogP contribution in [0.3, 0.4) is 0 Å². The van der Waals surface area contributed by atoms with Crippen LogP contribution in [0.1, 0.15) is 46.9 Å². The number of aromatic nitrogens is 3. The molecular weight excluding hydrogens is 476 g/mol. The molecule has 2 aromatic heterocycles. The molecule has 2 aliphatic rings. The van der Waals surface area contributed by atoms with Crippen LogP contribution in [0.4, 0.5) is 11.5 Å². The lowest BCUT2D eigenvalue weighted by Gasteiger charge is -2.37. The number of carbonyl (C=O) groups is 1. The van der Waals surface area contributed by atoms with E-state index in [1.807, 2.05) is 24.1 Å². The molecule has 2 fully saturated rings. The number of aliphatic hydroxyl groups excluding tert-OH is 1. The first-order valence-electron chi connectivity index (χ1n) is 11.3. The third kappa shape index (κ3) is 4.37. The third-order valence-electron chi connectivity index (χ3n) is 6.36. The molecule has 2 aliphatic heterocycles. The maximum Gasteiger partial charge on any atom is 0.256 e. The molecule has 11 heteroatoms. The maximum atomic E-state index is 13.7. The minimum absolute atomic E-state index is 0.170. The Morgan fingerprint density at radius 3 is 2.79 bits per heavy atom. The van der Waals surface area contributed by atoms with Gasteiger partial charge in [-0.05, 0) is 44.4 Å². The van der Waals surface area contributed by atoms with E-state index >= 15 is 0 Å². The fourth-order valence-corrected chi connectivity index (χ4v) is 5.36. The van der Waals surface area contributed by atoms with Crippen LogP contribution < -0.4 is 9.62 Å². The molecule has 1 amide bonds. The summed E-state index contributed by atoms with van der Waals surface area (Å²) in [7, 11) is -1.32. The van der Waals surface area contributed by atoms with Gasteiger partial charge in [-0.15, -0.1) is 0 Å². The fourth-order valence-electron chi connectivity index (χ4n) is 4.70. The second-order valence-corrected chi connectivity index (χ2v) is 10.5. The van der Waals surface area contributed by atoms with Crippen LogP contribution in [0.2, 0.25) is 5.02 Å². The summed E-state index contributed by atoms with van der Waals surface area (Å²) in [5.74, 6) is 0.680. The molecule has 1 aromatic carbocycles. The summed E-state index contributed by atoms with van der Waals surface area (Å²) in [5, 5.41) is 14.9. The van der Waals surface area contributed by atoms with Gasteiger partial charge in [0.2, 0.25) is 0 Å². The Morgan fingerprint density at radius 1 is 1.26 bits per heavy atom. The van der Waals surface area contributed by atoms with Gasteiger partial charge >= 0.3 is 0 Å². The molecule has 0 aliphatic carbocycles. The molecule has 0 bridgehead atoms. The number of anilines is 2. The number of hydrogen-bond acceptors (Lipinski definition) is 6. The number of rotatable bonds is 5. The van der Waals surface area contributed by atoms with E-state index in [0.29, 0.717) is 41.6 Å². The van der Waals surface area contributed by atoms with Crippen molar-refractivity contribution in [1.82, 2.24) is 19.5 Å². The molecule has 0 saturated carbocycles. The Hall–Kier alpha value is -2.69. The number of nitrogens with one attached hydrogen (secondary N) is 1. The number of hydrogen-bond donors (Lipinski definition) is 2. The monoisotopic (exact) mass is 502 g/mol. The molecule has 0 radical (unpaired) electrons. The van der Waals surface area contributed by atoms with Crippen molar-refractivity contribution < 1.29 is 14.1 Å². The van der Waals surface area contributed by atoms with Crippen LogP contribution in [0.15, 0.2) is 30.5 Å². The molecule has 2 unspecified atom stereocenters. The van der Waals surface area contributed by atoms with Gasteiger partial charge in [0, 0.05) is 48.7 Å². The van der Waals surface area contributed by atoms with Crippen LogP contribution in [-0.2, 0) is 11.0 Å². The number of nitrogens with zero attached hydrogens (tertiary/aromatic N) is 5. The molecule has 2 N–H and O–H groups in total. The van der Waals surface area contributed by atoms with Gasteiger partial charge in [0.25, 0.3) is 5.91 Å². The van der Waals surface area contributed by atoms with Crippen molar-refractivity contribution in [3.05, 3.63) is 52.3 Å². The fraction of sp³-hybridized carbons (Fsp3) is 0.435. The van der Waals surface area contributed by atoms with Gasteiger partial charge in [-0.2, -0.15) is 5.10 Å². The third-order valence-corrected chi connectivity index (χ3v) is 7.10. The Labute approximate surface area is 205 Å². The Bertz CT molecular complexity index is 1280. The Balaban J connectivity index is 1.48. The van der Waals surface area contributed by atoms with Crippen molar-refractivity contribution >= 4 is 45.6 Å². The molecule has 3 aromatic rings. The second kappa shape index (κ2) is 9.16. The predicted octanol–water partition coefficient (Wildman–Crippen LogP) is 2.94. The molecule has 180 valence electrons. The zero-order valence-corrected chi connectivity index (χ0v) is 20.6. The lowest BCUT2D eigenvalue weighted by molar-refractivity contribution is 0.0607. The average molecular weight is 503 g/mol. The Kier molecular flexibility index (Phi) is 6.22. The number of carbonyl (C=O) groups excluding carboxylic acids is 1. The highest BCUT2D eigenvalue weighted by atomic mass is 35.5. The molecule has 2 atom stereocenters. The van der Waals surface area contributed by atoms with Gasteiger partial charge in [-0.3, -0.25) is 4.79 Å². The van der Waals surface area contributed by atoms with Crippen molar-refractivity contribution in [3.8, 4) is 0 Å². The second-order valence-electron chi connectivity index (χ2n) is 8.93. The highest BCUT2D eigenvalue weighted by molar-refractivity contribution is 7.85. The van der Waals surface area contributed by atoms with E-state index in [0.717, 1.165) is 36.3 Å². The zero-order chi connectivity index (χ0) is 24.0. The first kappa shape index (κ1) is 23.1. The summed E-state index contributed by atoms with van der Waals surface area (Å²) in [6.45, 7) is 3.74. The average Bonchev–Trinajstić information content (AvgIpc) is 3.19. The summed E-state index contributed by atoms with van der Waals surface area (Å²) in [6, 6.07) is 6.71. The van der Waals surface area contributed by atoms with Crippen molar-refractivity contribution in [2.24, 2.45) is 0 Å². The van der Waals surface area contributed by atoms with Crippen molar-refractivity contribution in [2.45, 2.75) is 38.3 Å². The van der Waals surface area contributed by atoms with Crippen LogP contribution >= 0.6 is 11.6 Å². The number of benzene rings is 1. The normalized spacial score (nSPS) is 19.8. The summed E-state index contributed by atoms with van der Waals surface area (Å²) >= 11 is 6.21. The van der Waals surface area contributed by atoms with E-state index in [1.165, 1.54) is 6.26 Å². The summed E-state index contributed by atoms with van der Waals surface area (Å²) in [4.78, 5) is 22.3. The van der Waals surface area contributed by atoms with E-state index in [9.17, 15) is 14.1 Å². The van der Waals surface area contributed by atoms with Gasteiger partial charge in [0.05, 0.1) is 29.1 Å². The lowest BCUT2D eigenvalue weighted by atomic mass is 9.98. The number of amides is 1. The SMILES string of the molecule is Cc1cn2nc(C3CCCCN3C(=O)c3cc(Cl)ccc3NS(C)=O)cc2nc1N1CC(O)C1. The summed E-state index contributed by atoms with van der Waals surface area (Å²) in [5.41, 5.74) is 3.37. The van der Waals surface area contributed by atoms with E-state index in [4.69, 9.17) is 21.7 Å². The first-order valence-corrected chi connectivity index (χ1v) is 13.2. The van der Waals surface area contributed by atoms with Crippen LogP contribution in [-0.4, -0.2) is 66.7 Å². The number of aryl methyl sites for hydroxylation is 1. The number of halogens is 1. The van der Waals surface area contributed by atoms with E-state index in [2.05, 4.69) is 9.62 Å². The molecule has 34 heavy (non-hydrogen) atoms. The van der Waals surface area contributed by atoms with Gasteiger partial charge in [0.15, 0.2) is 5.65 Å². The van der Waals surface area contributed by atoms with Gasteiger partial charge < -0.3 is 19.6 Å². The van der Waals surface area contributed by atoms with Gasteiger partial charge in [-0.25, -0.2) is 13.7 Å². The molecule has 9 nitrogen and oxygen atoms in total. The van der Waals surface area contributed by atoms with Crippen molar-refractivity contribution in [2.75, 3.05) is 35.5 Å². The van der Waals surface area contributed by atoms with Gasteiger partial charge in [0.1, 0.15) is 16.8 Å². The first-order chi connectivity index (χ1) is 16.3. The highest BCUT2D eigenvalue weighted by Gasteiger charge is 2.33. The molecule has 4 heterocycles. The van der Waals surface area contributed by atoms with Crippen molar-refractivity contribution in [3.63, 3.8) is 0 Å². The van der Waals surface area contributed by atoms with E-state index in [1.54, 1.807) is 22.7 Å². The molecular formula is C23H27ClN6O3S. The van der Waals surface area contributed by atoms with Crippen molar-refractivity contribution in [1.29, 1.82) is 0 Å². The van der Waals surface area contributed by atoms with Crippen LogP contribution in [0.5, 0.6) is 0 Å². The van der Waals surface area contributed by atoms with E-state index < -0.39 is 11.0 Å². The lowest BCUT2D eigenvalue weighted by Crippen LogP contribution is -2.51. The standard InChI is InChI=1S/C23H27ClN6O3S/c1-14-11-30-21(25-22(14)28-12-16(31)13-28)10-19(26-30)20-5-3-4-8-29(20)23(32)17-9-15(24)6-7-18(17)27-34(2)33/h6-7,9-11,16,20,27,31H,3-5,8,12-13H2,1-2H3. The maximum absolute atomic E-state index is 13.7. The smallest absolute Gasteiger partial charge is 0.256 e. The Morgan fingerprint density at radius 2 is 2.06 bits per heavy atom. The van der Waals surface area contributed by atoms with E-state index in [-0.39, 0.29) is 18.1 Å². The number of fused-ring (bicyclic) bond motifs is 1. The largest absolute Gasteiger partial charge is 0.389 e. The van der Waals surface area contributed by atoms with Crippen LogP contribution in [0, 0.1) is 6.92 Å². The number of piperidine rings is 1. The summed E-state index contributed by atoms with van der Waals surface area (Å²) < 4.78 is 16.4. The predicted molar refractivity (Wildman–Crippen MR) is 133 cm³/mol. The molecule has 5 rings (SSSR count). The minimum Gasteiger partial charge on any atom is -0.389 e. The number of β-amino-alcohol motifs (C(OH)–C–C–N with tert-alkyl or cyclic N) is 1. The highest BCUT2D eigenvalue weighted by Crippen LogP contribution is 2.34. The molecule has 2 saturated heterocycles. The number of aliphatic hydroxyl groups is 1. The minimum atomic E-state index is -1.32.